The average molecular weight is 323 g/mol. The molecule has 1 N–H and O–H groups in total. The van der Waals surface area contributed by atoms with Crippen molar-refractivity contribution in [1.29, 1.82) is 0 Å². The Balaban J connectivity index is 2.08. The molecule has 6 rings (SSSR count). The first-order valence-electron chi connectivity index (χ1n) is 7.94. The molecule has 0 spiro atoms. The number of benzene rings is 3. The summed E-state index contributed by atoms with van der Waals surface area (Å²) in [6.45, 7) is 0. The summed E-state index contributed by atoms with van der Waals surface area (Å²) in [6, 6.07) is 10.8. The number of nitrogens with zero attached hydrogens (tertiary/aromatic N) is 2. The van der Waals surface area contributed by atoms with Crippen LogP contribution in [0, 0.1) is 0 Å². The smallest absolute Gasteiger partial charge is 0.278 e. The first-order chi connectivity index (χ1) is 12.2. The normalized spacial score (nSPS) is 12.3. The number of hydrogen-bond acceptors (Lipinski definition) is 4. The Hall–Kier alpha value is -3.60. The van der Waals surface area contributed by atoms with E-state index in [1.54, 1.807) is 18.3 Å². The van der Waals surface area contributed by atoms with Gasteiger partial charge in [-0.1, -0.05) is 12.1 Å². The third-order valence-electron chi connectivity index (χ3n) is 5.00. The maximum absolute atomic E-state index is 12.5. The van der Waals surface area contributed by atoms with Crippen LogP contribution in [0.2, 0.25) is 0 Å². The summed E-state index contributed by atoms with van der Waals surface area (Å²) in [6.07, 6.45) is 3.51. The molecular formula is C20H9N3O2. The van der Waals surface area contributed by atoms with Crippen LogP contribution in [0.1, 0.15) is 0 Å². The van der Waals surface area contributed by atoms with Crippen LogP contribution in [0.3, 0.4) is 0 Å². The van der Waals surface area contributed by atoms with Gasteiger partial charge in [-0.15, -0.1) is 0 Å². The van der Waals surface area contributed by atoms with Crippen molar-refractivity contribution in [3.63, 3.8) is 0 Å². The van der Waals surface area contributed by atoms with Crippen molar-refractivity contribution in [3.8, 4) is 11.3 Å². The first-order valence-corrected chi connectivity index (χ1v) is 7.94. The molecule has 2 aromatic carbocycles. The van der Waals surface area contributed by atoms with Gasteiger partial charge in [0.1, 0.15) is 0 Å². The highest BCUT2D eigenvalue weighted by atomic mass is 16.1. The number of nitrogens with one attached hydrogen (secondary N) is 1. The van der Waals surface area contributed by atoms with Crippen LogP contribution in [0.25, 0.3) is 54.6 Å². The van der Waals surface area contributed by atoms with E-state index in [2.05, 4.69) is 9.97 Å². The van der Waals surface area contributed by atoms with Gasteiger partial charge in [-0.2, -0.15) is 0 Å². The van der Waals surface area contributed by atoms with Crippen LogP contribution in [0.15, 0.2) is 58.4 Å². The number of aromatic nitrogens is 3. The molecule has 0 saturated carbocycles. The quantitative estimate of drug-likeness (QED) is 0.466. The molecule has 1 aliphatic heterocycles. The molecule has 0 saturated heterocycles. The molecule has 5 heteroatoms. The van der Waals surface area contributed by atoms with E-state index < -0.39 is 0 Å². The molecule has 5 nitrogen and oxygen atoms in total. The zero-order valence-corrected chi connectivity index (χ0v) is 12.8. The van der Waals surface area contributed by atoms with Crippen molar-refractivity contribution in [1.82, 2.24) is 15.0 Å². The second-order valence-electron chi connectivity index (χ2n) is 6.30. The Kier molecular flexibility index (Phi) is 2.08. The minimum atomic E-state index is -0.281. The number of H-pyrrole nitrogens is 1. The monoisotopic (exact) mass is 323 g/mol. The second kappa shape index (κ2) is 4.08. The molecule has 0 radical (unpaired) electrons. The molecular weight excluding hydrogens is 314 g/mol. The SMILES string of the molecule is O=c1ccc2nc3c4ccc5cc[nH]c5c4c4cnc(=O)c4c3c-2c1. The highest BCUT2D eigenvalue weighted by molar-refractivity contribution is 6.32. The van der Waals surface area contributed by atoms with Gasteiger partial charge in [0.2, 0.25) is 0 Å². The van der Waals surface area contributed by atoms with Crippen molar-refractivity contribution in [2.24, 2.45) is 0 Å². The summed E-state index contributed by atoms with van der Waals surface area (Å²) in [5.74, 6) is 0. The summed E-state index contributed by atoms with van der Waals surface area (Å²) in [4.78, 5) is 36.4. The Labute approximate surface area is 139 Å². The molecule has 116 valence electrons. The van der Waals surface area contributed by atoms with Gasteiger partial charge in [-0.25, -0.2) is 9.97 Å². The predicted molar refractivity (Wildman–Crippen MR) is 97.9 cm³/mol. The van der Waals surface area contributed by atoms with E-state index in [1.165, 1.54) is 6.07 Å². The summed E-state index contributed by atoms with van der Waals surface area (Å²) in [5.41, 5.74) is 2.76. The average Bonchev–Trinajstić information content (AvgIpc) is 3.30. The maximum Gasteiger partial charge on any atom is 0.278 e. The first kappa shape index (κ1) is 12.8. The minimum absolute atomic E-state index is 0.0955. The van der Waals surface area contributed by atoms with Crippen molar-refractivity contribution >= 4 is 43.4 Å². The van der Waals surface area contributed by atoms with Crippen molar-refractivity contribution in [2.75, 3.05) is 0 Å². The van der Waals surface area contributed by atoms with Gasteiger partial charge in [0.25, 0.3) is 5.56 Å². The van der Waals surface area contributed by atoms with Gasteiger partial charge in [0.05, 0.1) is 22.1 Å². The maximum atomic E-state index is 12.5. The molecule has 2 aromatic heterocycles. The fourth-order valence-corrected chi connectivity index (χ4v) is 3.97. The van der Waals surface area contributed by atoms with Gasteiger partial charge in [0, 0.05) is 44.9 Å². The van der Waals surface area contributed by atoms with Crippen LogP contribution in [-0.2, 0) is 0 Å². The van der Waals surface area contributed by atoms with E-state index in [9.17, 15) is 9.59 Å². The lowest BCUT2D eigenvalue weighted by atomic mass is 9.97. The predicted octanol–water partition coefficient (Wildman–Crippen LogP) is 3.12. The molecule has 0 amide bonds. The van der Waals surface area contributed by atoms with E-state index in [1.807, 2.05) is 24.4 Å². The zero-order valence-electron chi connectivity index (χ0n) is 12.8. The van der Waals surface area contributed by atoms with Gasteiger partial charge in [-0.3, -0.25) is 9.59 Å². The van der Waals surface area contributed by atoms with Crippen LogP contribution >= 0.6 is 0 Å². The molecule has 0 fully saturated rings. The topological polar surface area (TPSA) is 75.7 Å². The molecule has 3 heterocycles. The van der Waals surface area contributed by atoms with Crippen molar-refractivity contribution < 1.29 is 0 Å². The lowest BCUT2D eigenvalue weighted by Crippen LogP contribution is -1.99. The molecule has 0 atom stereocenters. The summed E-state index contributed by atoms with van der Waals surface area (Å²) >= 11 is 0. The summed E-state index contributed by atoms with van der Waals surface area (Å²) in [7, 11) is 0. The second-order valence-corrected chi connectivity index (χ2v) is 6.30. The van der Waals surface area contributed by atoms with Gasteiger partial charge in [-0.05, 0) is 24.3 Å². The Morgan fingerprint density at radius 2 is 1.80 bits per heavy atom. The summed E-state index contributed by atoms with van der Waals surface area (Å²) in [5, 5.41) is 5.03. The van der Waals surface area contributed by atoms with E-state index >= 15 is 0 Å². The van der Waals surface area contributed by atoms with Crippen molar-refractivity contribution in [3.05, 3.63) is 69.4 Å². The lowest BCUT2D eigenvalue weighted by molar-refractivity contribution is 1.34. The number of rotatable bonds is 0. The Morgan fingerprint density at radius 3 is 2.72 bits per heavy atom. The van der Waals surface area contributed by atoms with Gasteiger partial charge >= 0.3 is 0 Å². The van der Waals surface area contributed by atoms with E-state index in [0.29, 0.717) is 10.9 Å². The van der Waals surface area contributed by atoms with Crippen LogP contribution < -0.4 is 11.0 Å². The highest BCUT2D eigenvalue weighted by Crippen LogP contribution is 2.41. The Bertz CT molecular complexity index is 1530. The molecule has 0 bridgehead atoms. The molecule has 0 unspecified atom stereocenters. The minimum Gasteiger partial charge on any atom is -0.361 e. The number of hydrogen-bond donors (Lipinski definition) is 1. The van der Waals surface area contributed by atoms with Gasteiger partial charge in [0.15, 0.2) is 5.43 Å². The highest BCUT2D eigenvalue weighted by Gasteiger charge is 2.22. The summed E-state index contributed by atoms with van der Waals surface area (Å²) < 4.78 is 0. The van der Waals surface area contributed by atoms with E-state index in [0.717, 1.165) is 43.7 Å². The van der Waals surface area contributed by atoms with Crippen LogP contribution in [0.4, 0.5) is 0 Å². The fraction of sp³-hybridized carbons (Fsp3) is 0. The number of aromatic amines is 1. The van der Waals surface area contributed by atoms with Crippen LogP contribution in [-0.4, -0.2) is 15.0 Å². The zero-order chi connectivity index (χ0) is 16.7. The van der Waals surface area contributed by atoms with E-state index in [-0.39, 0.29) is 11.0 Å². The molecule has 2 aliphatic rings. The lowest BCUT2D eigenvalue weighted by Gasteiger charge is -2.04. The molecule has 25 heavy (non-hydrogen) atoms. The Morgan fingerprint density at radius 1 is 0.880 bits per heavy atom. The third-order valence-corrected chi connectivity index (χ3v) is 5.00. The largest absolute Gasteiger partial charge is 0.361 e. The number of fused-ring (bicyclic) bond motifs is 10. The molecule has 1 aliphatic carbocycles. The van der Waals surface area contributed by atoms with Crippen molar-refractivity contribution in [2.45, 2.75) is 0 Å². The third kappa shape index (κ3) is 1.43. The van der Waals surface area contributed by atoms with Gasteiger partial charge < -0.3 is 4.98 Å². The fourth-order valence-electron chi connectivity index (χ4n) is 3.97. The molecule has 4 aromatic rings. The van der Waals surface area contributed by atoms with E-state index in [4.69, 9.17) is 4.98 Å². The van der Waals surface area contributed by atoms with Crippen LogP contribution in [0.5, 0.6) is 0 Å². The standard InChI is InChI=1S/C20H9N3O2/c24-10-2-4-14-12(7-10)16-17-13(8-22-20(17)25)15-11(19(16)23-14)3-1-9-5-6-21-18(9)15/h1-8,21H.